The smallest absolute Gasteiger partial charge is 0.433 e. The second-order valence-electron chi connectivity index (χ2n) is 6.61. The Morgan fingerprint density at radius 3 is 2.39 bits per heavy atom. The number of nitrogens with zero attached hydrogens (tertiary/aromatic N) is 2. The van der Waals surface area contributed by atoms with Crippen LogP contribution in [0.1, 0.15) is 18.2 Å². The summed E-state index contributed by atoms with van der Waals surface area (Å²) in [5, 5.41) is 1.97. The van der Waals surface area contributed by atoms with Gasteiger partial charge in [0.15, 0.2) is 5.16 Å². The van der Waals surface area contributed by atoms with Crippen molar-refractivity contribution in [2.75, 3.05) is 7.11 Å². The predicted molar refractivity (Wildman–Crippen MR) is 113 cm³/mol. The van der Waals surface area contributed by atoms with E-state index in [9.17, 15) is 18.0 Å². The molecule has 0 saturated carbocycles. The van der Waals surface area contributed by atoms with Gasteiger partial charge < -0.3 is 10.1 Å². The highest BCUT2D eigenvalue weighted by Crippen LogP contribution is 2.32. The first-order valence-corrected chi connectivity index (χ1v) is 10.2. The van der Waals surface area contributed by atoms with Gasteiger partial charge in [-0.1, -0.05) is 54.2 Å². The molecule has 0 aliphatic heterocycles. The summed E-state index contributed by atoms with van der Waals surface area (Å²) in [6, 6.07) is 16.6. The third-order valence-electron chi connectivity index (χ3n) is 4.34. The molecular formula is C22H20F3N3O2S. The zero-order chi connectivity index (χ0) is 22.4. The zero-order valence-corrected chi connectivity index (χ0v) is 17.6. The second-order valence-corrected chi connectivity index (χ2v) is 7.92. The highest BCUT2D eigenvalue weighted by molar-refractivity contribution is 8.00. The van der Waals surface area contributed by atoms with Crippen LogP contribution in [-0.2, 0) is 17.5 Å². The number of benzene rings is 2. The quantitative estimate of drug-likeness (QED) is 0.409. The minimum atomic E-state index is -4.62. The van der Waals surface area contributed by atoms with Crippen molar-refractivity contribution >= 4 is 17.7 Å². The van der Waals surface area contributed by atoms with E-state index in [1.807, 2.05) is 12.1 Å². The van der Waals surface area contributed by atoms with E-state index in [-0.39, 0.29) is 23.3 Å². The van der Waals surface area contributed by atoms with Crippen molar-refractivity contribution in [1.82, 2.24) is 15.3 Å². The van der Waals surface area contributed by atoms with Gasteiger partial charge in [0.2, 0.25) is 5.91 Å². The third kappa shape index (κ3) is 6.21. The van der Waals surface area contributed by atoms with E-state index in [4.69, 9.17) is 4.74 Å². The van der Waals surface area contributed by atoms with Gasteiger partial charge in [-0.15, -0.1) is 0 Å². The summed E-state index contributed by atoms with van der Waals surface area (Å²) >= 11 is 0.878. The number of ether oxygens (including phenoxy) is 1. The maximum Gasteiger partial charge on any atom is 0.433 e. The van der Waals surface area contributed by atoms with E-state index in [1.54, 1.807) is 56.5 Å². The number of rotatable bonds is 7. The predicted octanol–water partition coefficient (Wildman–Crippen LogP) is 4.97. The number of carbonyl (C=O) groups is 1. The van der Waals surface area contributed by atoms with E-state index in [2.05, 4.69) is 15.3 Å². The largest absolute Gasteiger partial charge is 0.497 e. The molecule has 1 atom stereocenters. The van der Waals surface area contributed by atoms with Gasteiger partial charge in [0.25, 0.3) is 0 Å². The molecule has 1 unspecified atom stereocenters. The SMILES string of the molecule is COc1ccc(CNC(=O)C(C)Sc2nc(-c3ccccc3)cc(C(F)(F)F)n2)cc1. The van der Waals surface area contributed by atoms with Gasteiger partial charge in [0.05, 0.1) is 18.1 Å². The molecule has 1 aromatic heterocycles. The van der Waals surface area contributed by atoms with E-state index >= 15 is 0 Å². The Balaban J connectivity index is 1.73. The first-order valence-electron chi connectivity index (χ1n) is 9.35. The van der Waals surface area contributed by atoms with Crippen molar-refractivity contribution in [1.29, 1.82) is 0 Å². The van der Waals surface area contributed by atoms with Gasteiger partial charge in [0, 0.05) is 12.1 Å². The van der Waals surface area contributed by atoms with Gasteiger partial charge in [0.1, 0.15) is 11.4 Å². The minimum Gasteiger partial charge on any atom is -0.497 e. The number of hydrogen-bond acceptors (Lipinski definition) is 5. The fourth-order valence-electron chi connectivity index (χ4n) is 2.67. The number of carbonyl (C=O) groups excluding carboxylic acids is 1. The van der Waals surface area contributed by atoms with Gasteiger partial charge >= 0.3 is 6.18 Å². The highest BCUT2D eigenvalue weighted by Gasteiger charge is 2.34. The normalized spacial score (nSPS) is 12.3. The molecule has 5 nitrogen and oxygen atoms in total. The van der Waals surface area contributed by atoms with Gasteiger partial charge in [-0.05, 0) is 30.7 Å². The summed E-state index contributed by atoms with van der Waals surface area (Å²) in [7, 11) is 1.56. The molecule has 31 heavy (non-hydrogen) atoms. The van der Waals surface area contributed by atoms with Crippen molar-refractivity contribution in [2.24, 2.45) is 0 Å². The van der Waals surface area contributed by atoms with E-state index in [0.717, 1.165) is 23.4 Å². The topological polar surface area (TPSA) is 64.1 Å². The molecule has 0 fully saturated rings. The fraction of sp³-hybridized carbons (Fsp3) is 0.227. The van der Waals surface area contributed by atoms with E-state index in [0.29, 0.717) is 11.3 Å². The Hall–Kier alpha value is -3.07. The average molecular weight is 447 g/mol. The van der Waals surface area contributed by atoms with Crippen LogP contribution in [0.25, 0.3) is 11.3 Å². The lowest BCUT2D eigenvalue weighted by molar-refractivity contribution is -0.141. The summed E-state index contributed by atoms with van der Waals surface area (Å²) in [6.07, 6.45) is -4.62. The first-order chi connectivity index (χ1) is 14.8. The Labute approximate surface area is 182 Å². The van der Waals surface area contributed by atoms with Crippen molar-refractivity contribution in [3.05, 3.63) is 71.9 Å². The number of nitrogens with one attached hydrogen (secondary N) is 1. The summed E-state index contributed by atoms with van der Waals surface area (Å²) in [5.74, 6) is 0.373. The van der Waals surface area contributed by atoms with Crippen LogP contribution in [0.3, 0.4) is 0 Å². The monoisotopic (exact) mass is 447 g/mol. The van der Waals surface area contributed by atoms with Crippen LogP contribution in [0, 0.1) is 0 Å². The van der Waals surface area contributed by atoms with Crippen LogP contribution >= 0.6 is 11.8 Å². The maximum atomic E-state index is 13.3. The third-order valence-corrected chi connectivity index (χ3v) is 5.30. The molecule has 9 heteroatoms. The molecule has 0 spiro atoms. The number of amides is 1. The molecule has 0 radical (unpaired) electrons. The lowest BCUT2D eigenvalue weighted by Gasteiger charge is -2.14. The van der Waals surface area contributed by atoms with Gasteiger partial charge in [-0.25, -0.2) is 9.97 Å². The second kappa shape index (κ2) is 9.82. The van der Waals surface area contributed by atoms with Crippen molar-refractivity contribution in [3.63, 3.8) is 0 Å². The Morgan fingerprint density at radius 1 is 1.10 bits per heavy atom. The molecule has 1 amide bonds. The lowest BCUT2D eigenvalue weighted by Crippen LogP contribution is -2.30. The molecular weight excluding hydrogens is 427 g/mol. The minimum absolute atomic E-state index is 0.110. The summed E-state index contributed by atoms with van der Waals surface area (Å²) < 4.78 is 45.1. The van der Waals surface area contributed by atoms with Crippen LogP contribution in [0.5, 0.6) is 5.75 Å². The van der Waals surface area contributed by atoms with Gasteiger partial charge in [-0.3, -0.25) is 4.79 Å². The fourth-order valence-corrected chi connectivity index (χ4v) is 3.48. The van der Waals surface area contributed by atoms with Crippen LogP contribution in [0.4, 0.5) is 13.2 Å². The maximum absolute atomic E-state index is 13.3. The molecule has 1 N–H and O–H groups in total. The molecule has 3 rings (SSSR count). The Bertz CT molecular complexity index is 1030. The van der Waals surface area contributed by atoms with Crippen LogP contribution < -0.4 is 10.1 Å². The Morgan fingerprint density at radius 2 is 1.77 bits per heavy atom. The molecule has 3 aromatic rings. The van der Waals surface area contributed by atoms with Crippen LogP contribution in [-0.4, -0.2) is 28.2 Å². The van der Waals surface area contributed by atoms with Crippen LogP contribution in [0.15, 0.2) is 65.8 Å². The Kier molecular flexibility index (Phi) is 7.17. The highest BCUT2D eigenvalue weighted by atomic mass is 32.2. The number of methoxy groups -OCH3 is 1. The number of halogens is 3. The van der Waals surface area contributed by atoms with E-state index in [1.165, 1.54) is 0 Å². The molecule has 0 aliphatic carbocycles. The van der Waals surface area contributed by atoms with Crippen molar-refractivity contribution < 1.29 is 22.7 Å². The average Bonchev–Trinajstić information content (AvgIpc) is 2.77. The summed E-state index contributed by atoms with van der Waals surface area (Å²) in [4.78, 5) is 20.3. The zero-order valence-electron chi connectivity index (χ0n) is 16.8. The van der Waals surface area contributed by atoms with Crippen molar-refractivity contribution in [2.45, 2.75) is 30.1 Å². The first kappa shape index (κ1) is 22.6. The number of hydrogen-bond donors (Lipinski definition) is 1. The number of aromatic nitrogens is 2. The number of thioether (sulfide) groups is 1. The summed E-state index contributed by atoms with van der Waals surface area (Å²) in [5.41, 5.74) is 0.507. The molecule has 0 saturated heterocycles. The van der Waals surface area contributed by atoms with Crippen LogP contribution in [0.2, 0.25) is 0 Å². The molecule has 2 aromatic carbocycles. The molecule has 162 valence electrons. The molecule has 0 bridgehead atoms. The molecule has 1 heterocycles. The molecule has 0 aliphatic rings. The van der Waals surface area contributed by atoms with E-state index < -0.39 is 17.1 Å². The lowest BCUT2D eigenvalue weighted by atomic mass is 10.1. The number of alkyl halides is 3. The van der Waals surface area contributed by atoms with Gasteiger partial charge in [-0.2, -0.15) is 13.2 Å². The summed E-state index contributed by atoms with van der Waals surface area (Å²) in [6.45, 7) is 1.88. The standard InChI is InChI=1S/C22H20F3N3O2S/c1-14(20(29)26-13-15-8-10-17(30-2)11-9-15)31-21-27-18(16-6-4-3-5-7-16)12-19(28-21)22(23,24)25/h3-12,14H,13H2,1-2H3,(H,26,29). The van der Waals surface area contributed by atoms with Crippen molar-refractivity contribution in [3.8, 4) is 17.0 Å².